The molecule has 1 amide bonds. The minimum atomic E-state index is -0.206. The van der Waals surface area contributed by atoms with Crippen LogP contribution < -0.4 is 5.32 Å². The number of hydrogen-bond donors (Lipinski definition) is 1. The van der Waals surface area contributed by atoms with Crippen LogP contribution in [0.1, 0.15) is 35.3 Å². The molecule has 0 bridgehead atoms. The highest BCUT2D eigenvalue weighted by Gasteiger charge is 2.33. The van der Waals surface area contributed by atoms with Crippen molar-refractivity contribution in [2.45, 2.75) is 32.5 Å². The van der Waals surface area contributed by atoms with Crippen molar-refractivity contribution in [3.8, 4) is 16.6 Å². The first-order valence-electron chi connectivity index (χ1n) is 11.1. The summed E-state index contributed by atoms with van der Waals surface area (Å²) in [6.45, 7) is 4.62. The average Bonchev–Trinajstić information content (AvgIpc) is 3.49. The van der Waals surface area contributed by atoms with Crippen molar-refractivity contribution < 1.29 is 4.79 Å². The van der Waals surface area contributed by atoms with E-state index in [0.29, 0.717) is 17.7 Å². The van der Waals surface area contributed by atoms with Crippen molar-refractivity contribution in [1.29, 1.82) is 5.26 Å². The maximum Gasteiger partial charge on any atom is 0.252 e. The van der Waals surface area contributed by atoms with Crippen LogP contribution in [0.15, 0.2) is 77.2 Å². The van der Waals surface area contributed by atoms with Gasteiger partial charge in [-0.15, -0.1) is 11.3 Å². The predicted octanol–water partition coefficient (Wildman–Crippen LogP) is 5.21. The number of hydrazone groups is 1. The Morgan fingerprint density at radius 3 is 2.68 bits per heavy atom. The highest BCUT2D eigenvalue weighted by molar-refractivity contribution is 7.13. The third-order valence-corrected chi connectivity index (χ3v) is 7.03. The van der Waals surface area contributed by atoms with Crippen LogP contribution >= 0.6 is 11.3 Å². The zero-order chi connectivity index (χ0) is 23.7. The summed E-state index contributed by atoms with van der Waals surface area (Å²) in [4.78, 5) is 19.3. The molecule has 0 saturated heterocycles. The van der Waals surface area contributed by atoms with Gasteiger partial charge in [0.25, 0.3) is 5.91 Å². The number of nitriles is 1. The first-order chi connectivity index (χ1) is 16.5. The fraction of sp³-hybridized carbons (Fsp3) is 0.185. The zero-order valence-electron chi connectivity index (χ0n) is 18.9. The topological polar surface area (TPSA) is 81.4 Å². The molecule has 0 saturated carbocycles. The number of amides is 1. The fourth-order valence-corrected chi connectivity index (χ4v) is 4.97. The summed E-state index contributed by atoms with van der Waals surface area (Å²) in [5.41, 5.74) is 4.77. The van der Waals surface area contributed by atoms with Gasteiger partial charge in [0.05, 0.1) is 57.6 Å². The van der Waals surface area contributed by atoms with Crippen molar-refractivity contribution >= 4 is 33.9 Å². The third-order valence-electron chi connectivity index (χ3n) is 6.14. The van der Waals surface area contributed by atoms with E-state index >= 15 is 0 Å². The van der Waals surface area contributed by atoms with Crippen LogP contribution in [0.5, 0.6) is 0 Å². The van der Waals surface area contributed by atoms with Gasteiger partial charge < -0.3 is 5.32 Å². The van der Waals surface area contributed by atoms with Crippen LogP contribution in [0.4, 0.5) is 0 Å². The molecule has 1 N–H and O–H groups in total. The van der Waals surface area contributed by atoms with E-state index in [1.165, 1.54) is 0 Å². The molecule has 6 nitrogen and oxygen atoms in total. The van der Waals surface area contributed by atoms with E-state index in [1.807, 2.05) is 84.0 Å². The number of nitrogens with zero attached hydrogens (tertiary/aromatic N) is 4. The quantitative estimate of drug-likeness (QED) is 0.438. The van der Waals surface area contributed by atoms with Crippen molar-refractivity contribution in [2.24, 2.45) is 5.10 Å². The van der Waals surface area contributed by atoms with Gasteiger partial charge in [-0.2, -0.15) is 10.4 Å². The number of fused-ring (bicyclic) bond motifs is 1. The van der Waals surface area contributed by atoms with Gasteiger partial charge >= 0.3 is 0 Å². The number of aromatic nitrogens is 1. The molecule has 0 aliphatic carbocycles. The number of nitrogens with one attached hydrogen (secondary N) is 1. The molecule has 0 spiro atoms. The smallest absolute Gasteiger partial charge is 0.252 e. The monoisotopic (exact) mass is 465 g/mol. The summed E-state index contributed by atoms with van der Waals surface area (Å²) in [6.07, 6.45) is 0. The minimum Gasteiger partial charge on any atom is -0.342 e. The lowest BCUT2D eigenvalue weighted by atomic mass is 10.0. The van der Waals surface area contributed by atoms with Gasteiger partial charge in [0, 0.05) is 5.39 Å². The van der Waals surface area contributed by atoms with E-state index < -0.39 is 0 Å². The molecule has 1 aliphatic rings. The Kier molecular flexibility index (Phi) is 5.83. The SMILES string of the molecule is CC1=NN(Cc2ccc(C#N)cc2)C(C)C1NC(=O)c1cc(-c2cccs2)nc2ccccc12. The predicted molar refractivity (Wildman–Crippen MR) is 136 cm³/mol. The van der Waals surface area contributed by atoms with E-state index in [4.69, 9.17) is 15.3 Å². The van der Waals surface area contributed by atoms with Crippen molar-refractivity contribution in [1.82, 2.24) is 15.3 Å². The van der Waals surface area contributed by atoms with E-state index in [1.54, 1.807) is 11.3 Å². The minimum absolute atomic E-state index is 0.00976. The Labute approximate surface area is 202 Å². The van der Waals surface area contributed by atoms with E-state index in [-0.39, 0.29) is 18.0 Å². The van der Waals surface area contributed by atoms with Crippen LogP contribution in [-0.4, -0.2) is 33.7 Å². The van der Waals surface area contributed by atoms with Gasteiger partial charge in [-0.05, 0) is 55.1 Å². The Balaban J connectivity index is 1.39. The largest absolute Gasteiger partial charge is 0.342 e. The molecular formula is C27H23N5OS. The molecule has 5 rings (SSSR count). The Hall–Kier alpha value is -4.02. The molecule has 0 fully saturated rings. The molecule has 34 heavy (non-hydrogen) atoms. The van der Waals surface area contributed by atoms with E-state index in [9.17, 15) is 4.79 Å². The highest BCUT2D eigenvalue weighted by atomic mass is 32.1. The van der Waals surface area contributed by atoms with Gasteiger partial charge in [0.15, 0.2) is 0 Å². The van der Waals surface area contributed by atoms with E-state index in [0.717, 1.165) is 32.7 Å². The molecule has 7 heteroatoms. The lowest BCUT2D eigenvalue weighted by Crippen LogP contribution is -2.47. The molecular weight excluding hydrogens is 442 g/mol. The highest BCUT2D eigenvalue weighted by Crippen LogP contribution is 2.28. The van der Waals surface area contributed by atoms with Crippen molar-refractivity contribution in [2.75, 3.05) is 0 Å². The van der Waals surface area contributed by atoms with Gasteiger partial charge in [0.1, 0.15) is 0 Å². The summed E-state index contributed by atoms with van der Waals surface area (Å²) in [5, 5.41) is 21.8. The number of rotatable bonds is 5. The maximum atomic E-state index is 13.5. The number of thiophene rings is 1. The first kappa shape index (κ1) is 21.8. The Morgan fingerprint density at radius 1 is 1.15 bits per heavy atom. The standard InChI is InChI=1S/C27H23N5OS/c1-17-26(18(2)32(31-17)16-20-11-9-19(15-28)10-12-20)30-27(33)22-14-24(25-8-5-13-34-25)29-23-7-4-3-6-21(22)23/h3-14,18,26H,16H2,1-2H3,(H,30,33). The molecule has 4 aromatic rings. The number of para-hydroxylation sites is 1. The zero-order valence-corrected chi connectivity index (χ0v) is 19.7. The van der Waals surface area contributed by atoms with E-state index in [2.05, 4.69) is 18.3 Å². The molecule has 2 atom stereocenters. The lowest BCUT2D eigenvalue weighted by molar-refractivity contribution is 0.0932. The van der Waals surface area contributed by atoms with Crippen LogP contribution in [0.3, 0.4) is 0 Å². The molecule has 3 heterocycles. The molecule has 2 aromatic heterocycles. The third kappa shape index (κ3) is 4.16. The number of carbonyl (C=O) groups excluding carboxylic acids is 1. The van der Waals surface area contributed by atoms with Crippen LogP contribution in [0.25, 0.3) is 21.5 Å². The maximum absolute atomic E-state index is 13.5. The van der Waals surface area contributed by atoms with Crippen LogP contribution in [-0.2, 0) is 6.54 Å². The summed E-state index contributed by atoms with van der Waals surface area (Å²) in [6, 6.07) is 23.0. The first-order valence-corrected chi connectivity index (χ1v) is 12.0. The lowest BCUT2D eigenvalue weighted by Gasteiger charge is -2.25. The van der Waals surface area contributed by atoms with Crippen molar-refractivity contribution in [3.63, 3.8) is 0 Å². The Bertz CT molecular complexity index is 1420. The average molecular weight is 466 g/mol. The molecule has 2 aromatic carbocycles. The van der Waals surface area contributed by atoms with Crippen molar-refractivity contribution in [3.05, 3.63) is 88.8 Å². The fourth-order valence-electron chi connectivity index (χ4n) is 4.29. The van der Waals surface area contributed by atoms with Gasteiger partial charge in [-0.3, -0.25) is 9.80 Å². The molecule has 2 unspecified atom stereocenters. The van der Waals surface area contributed by atoms with Crippen LogP contribution in [0, 0.1) is 11.3 Å². The number of carbonyl (C=O) groups is 1. The second-order valence-corrected chi connectivity index (χ2v) is 9.34. The summed E-state index contributed by atoms with van der Waals surface area (Å²) in [5.74, 6) is -0.136. The summed E-state index contributed by atoms with van der Waals surface area (Å²) in [7, 11) is 0. The van der Waals surface area contributed by atoms with Gasteiger partial charge in [-0.1, -0.05) is 36.4 Å². The summed E-state index contributed by atoms with van der Waals surface area (Å²) < 4.78 is 0. The van der Waals surface area contributed by atoms with Gasteiger partial charge in [0.2, 0.25) is 0 Å². The number of hydrogen-bond acceptors (Lipinski definition) is 6. The molecule has 0 radical (unpaired) electrons. The van der Waals surface area contributed by atoms with Gasteiger partial charge in [-0.25, -0.2) is 4.98 Å². The number of benzene rings is 2. The normalized spacial score (nSPS) is 17.4. The molecule has 168 valence electrons. The second kappa shape index (κ2) is 9.08. The number of pyridine rings is 1. The molecule has 1 aliphatic heterocycles. The Morgan fingerprint density at radius 2 is 1.94 bits per heavy atom. The second-order valence-electron chi connectivity index (χ2n) is 8.39. The van der Waals surface area contributed by atoms with Crippen LogP contribution in [0.2, 0.25) is 0 Å². The summed E-state index contributed by atoms with van der Waals surface area (Å²) >= 11 is 1.60.